The second kappa shape index (κ2) is 7.03. The molecule has 0 bridgehead atoms. The number of carboxylic acids is 1. The molecule has 0 amide bonds. The molecule has 0 spiro atoms. The minimum Gasteiger partial charge on any atom is -0.480 e. The molecule has 1 aromatic carbocycles. The summed E-state index contributed by atoms with van der Waals surface area (Å²) < 4.78 is 33.7. The highest BCUT2D eigenvalue weighted by Crippen LogP contribution is 2.31. The summed E-state index contributed by atoms with van der Waals surface area (Å²) in [4.78, 5) is 10.6. The molecule has 0 radical (unpaired) electrons. The number of carbonyl (C=O) groups is 1. The smallest absolute Gasteiger partial charge is 0.341 e. The van der Waals surface area contributed by atoms with E-state index < -0.39 is 22.6 Å². The van der Waals surface area contributed by atoms with Crippen LogP contribution in [0, 0.1) is 0 Å². The van der Waals surface area contributed by atoms with E-state index in [0.29, 0.717) is 19.5 Å². The lowest BCUT2D eigenvalue weighted by molar-refractivity contribution is -0.139. The number of nitrogens with zero attached hydrogens (tertiary/aromatic N) is 3. The van der Waals surface area contributed by atoms with Gasteiger partial charge in [0.2, 0.25) is 10.0 Å². The first-order chi connectivity index (χ1) is 11.9. The molecule has 1 saturated heterocycles. The number of sulfonamides is 1. The van der Waals surface area contributed by atoms with Crippen molar-refractivity contribution in [1.29, 1.82) is 0 Å². The van der Waals surface area contributed by atoms with Crippen molar-refractivity contribution >= 4 is 27.6 Å². The number of aliphatic carboxylic acids is 1. The van der Waals surface area contributed by atoms with Gasteiger partial charge in [0.15, 0.2) is 6.61 Å². The summed E-state index contributed by atoms with van der Waals surface area (Å²) in [6.07, 6.45) is 4.15. The molecule has 25 heavy (non-hydrogen) atoms. The van der Waals surface area contributed by atoms with Crippen molar-refractivity contribution in [3.8, 4) is 5.75 Å². The van der Waals surface area contributed by atoms with E-state index in [1.807, 2.05) is 6.20 Å². The van der Waals surface area contributed by atoms with Crippen LogP contribution in [-0.4, -0.2) is 53.3 Å². The Morgan fingerprint density at radius 2 is 2.24 bits per heavy atom. The van der Waals surface area contributed by atoms with Gasteiger partial charge in [-0.1, -0.05) is 11.6 Å². The van der Waals surface area contributed by atoms with E-state index in [4.69, 9.17) is 21.4 Å². The molecule has 1 fully saturated rings. The van der Waals surface area contributed by atoms with Gasteiger partial charge in [-0.15, -0.1) is 0 Å². The standard InChI is InChI=1S/C15H16ClN3O5S/c16-13-8-12(2-3-14(13)24-10-15(20)21)25(22,23)18-7-4-11(9-18)19-6-1-5-17-19/h1-3,5-6,8,11H,4,7,9-10H2,(H,20,21). The van der Waals surface area contributed by atoms with Crippen molar-refractivity contribution in [3.63, 3.8) is 0 Å². The van der Waals surface area contributed by atoms with Crippen molar-refractivity contribution in [2.45, 2.75) is 17.4 Å². The summed E-state index contributed by atoms with van der Waals surface area (Å²) in [6, 6.07) is 5.79. The van der Waals surface area contributed by atoms with Crippen molar-refractivity contribution < 1.29 is 23.1 Å². The molecule has 134 valence electrons. The maximum Gasteiger partial charge on any atom is 0.341 e. The van der Waals surface area contributed by atoms with E-state index in [-0.39, 0.29) is 21.7 Å². The van der Waals surface area contributed by atoms with E-state index in [9.17, 15) is 13.2 Å². The number of aromatic nitrogens is 2. The van der Waals surface area contributed by atoms with E-state index in [1.54, 1.807) is 16.9 Å². The molecular formula is C15H16ClN3O5S. The molecular weight excluding hydrogens is 370 g/mol. The lowest BCUT2D eigenvalue weighted by Crippen LogP contribution is -2.29. The quantitative estimate of drug-likeness (QED) is 0.811. The molecule has 1 atom stereocenters. The minimum absolute atomic E-state index is 0.00146. The summed E-state index contributed by atoms with van der Waals surface area (Å²) in [5, 5.41) is 12.8. The van der Waals surface area contributed by atoms with Gasteiger partial charge in [-0.2, -0.15) is 9.40 Å². The third kappa shape index (κ3) is 3.78. The Hall–Kier alpha value is -2.10. The maximum atomic E-state index is 12.8. The zero-order chi connectivity index (χ0) is 18.0. The summed E-state index contributed by atoms with van der Waals surface area (Å²) in [6.45, 7) is 0.171. The average molecular weight is 386 g/mol. The summed E-state index contributed by atoms with van der Waals surface area (Å²) in [5.74, 6) is -1.02. The Balaban J connectivity index is 1.76. The zero-order valence-electron chi connectivity index (χ0n) is 13.1. The van der Waals surface area contributed by atoms with Gasteiger partial charge >= 0.3 is 5.97 Å². The lowest BCUT2D eigenvalue weighted by atomic mass is 10.3. The van der Waals surface area contributed by atoms with E-state index in [2.05, 4.69) is 5.10 Å². The van der Waals surface area contributed by atoms with Crippen molar-refractivity contribution in [1.82, 2.24) is 14.1 Å². The highest BCUT2D eigenvalue weighted by Gasteiger charge is 2.33. The van der Waals surface area contributed by atoms with Crippen molar-refractivity contribution in [3.05, 3.63) is 41.7 Å². The van der Waals surface area contributed by atoms with E-state index in [0.717, 1.165) is 0 Å². The predicted octanol–water partition coefficient (Wildman–Crippen LogP) is 1.64. The number of rotatable bonds is 6. The van der Waals surface area contributed by atoms with Crippen molar-refractivity contribution in [2.24, 2.45) is 0 Å². The Kier molecular flexibility index (Phi) is 4.98. The minimum atomic E-state index is -3.70. The summed E-state index contributed by atoms with van der Waals surface area (Å²) >= 11 is 6.02. The van der Waals surface area contributed by atoms with Gasteiger partial charge in [0.05, 0.1) is 16.0 Å². The van der Waals surface area contributed by atoms with Crippen LogP contribution in [0.15, 0.2) is 41.6 Å². The monoisotopic (exact) mass is 385 g/mol. The topological polar surface area (TPSA) is 102 Å². The van der Waals surface area contributed by atoms with Gasteiger partial charge in [0.25, 0.3) is 0 Å². The maximum absolute atomic E-state index is 12.8. The number of carboxylic acid groups (broad SMARTS) is 1. The Labute approximate surface area is 149 Å². The van der Waals surface area contributed by atoms with Crippen LogP contribution in [0.2, 0.25) is 5.02 Å². The Bertz CT molecular complexity index is 869. The molecule has 1 aliphatic heterocycles. The van der Waals surface area contributed by atoms with Crippen LogP contribution in [-0.2, 0) is 14.8 Å². The lowest BCUT2D eigenvalue weighted by Gasteiger charge is -2.17. The highest BCUT2D eigenvalue weighted by atomic mass is 35.5. The number of ether oxygens (including phenoxy) is 1. The van der Waals surface area contributed by atoms with Gasteiger partial charge in [-0.05, 0) is 30.7 Å². The molecule has 0 saturated carbocycles. The van der Waals surface area contributed by atoms with Crippen LogP contribution in [0.5, 0.6) is 5.75 Å². The first-order valence-corrected chi connectivity index (χ1v) is 9.33. The zero-order valence-corrected chi connectivity index (χ0v) is 14.7. The Morgan fingerprint density at radius 3 is 2.88 bits per heavy atom. The third-order valence-corrected chi connectivity index (χ3v) is 6.07. The highest BCUT2D eigenvalue weighted by molar-refractivity contribution is 7.89. The first kappa shape index (κ1) is 17.7. The Morgan fingerprint density at radius 1 is 1.44 bits per heavy atom. The first-order valence-electron chi connectivity index (χ1n) is 7.51. The van der Waals surface area contributed by atoms with E-state index in [1.165, 1.54) is 22.5 Å². The molecule has 1 aromatic heterocycles. The molecule has 2 aromatic rings. The number of benzene rings is 1. The van der Waals surface area contributed by atoms with Crippen LogP contribution < -0.4 is 4.74 Å². The summed E-state index contributed by atoms with van der Waals surface area (Å²) in [5.41, 5.74) is 0. The van der Waals surface area contributed by atoms with E-state index >= 15 is 0 Å². The second-order valence-corrected chi connectivity index (χ2v) is 7.91. The molecule has 1 unspecified atom stereocenters. The number of halogens is 1. The van der Waals surface area contributed by atoms with Crippen molar-refractivity contribution in [2.75, 3.05) is 19.7 Å². The fraction of sp³-hybridized carbons (Fsp3) is 0.333. The molecule has 0 aliphatic carbocycles. The number of hydrogen-bond acceptors (Lipinski definition) is 5. The molecule has 3 rings (SSSR count). The van der Waals surface area contributed by atoms with Gasteiger partial charge in [-0.25, -0.2) is 13.2 Å². The molecule has 1 aliphatic rings. The van der Waals surface area contributed by atoms with Crippen LogP contribution in [0.1, 0.15) is 12.5 Å². The third-order valence-electron chi connectivity index (χ3n) is 3.92. The van der Waals surface area contributed by atoms with Crippen LogP contribution in [0.3, 0.4) is 0 Å². The predicted molar refractivity (Wildman–Crippen MR) is 89.2 cm³/mol. The molecule has 10 heteroatoms. The normalized spacial score (nSPS) is 18.4. The molecule has 1 N–H and O–H groups in total. The molecule has 2 heterocycles. The average Bonchev–Trinajstić information content (AvgIpc) is 3.24. The SMILES string of the molecule is O=C(O)COc1ccc(S(=O)(=O)N2CCC(n3cccn3)C2)cc1Cl. The largest absolute Gasteiger partial charge is 0.480 e. The molecule has 8 nitrogen and oxygen atoms in total. The fourth-order valence-corrected chi connectivity index (χ4v) is 4.51. The fourth-order valence-electron chi connectivity index (χ4n) is 2.69. The van der Waals surface area contributed by atoms with Gasteiger partial charge in [-0.3, -0.25) is 4.68 Å². The summed E-state index contributed by atoms with van der Waals surface area (Å²) in [7, 11) is -3.70. The van der Waals surface area contributed by atoms with Gasteiger partial charge < -0.3 is 9.84 Å². The van der Waals surface area contributed by atoms with Crippen LogP contribution >= 0.6 is 11.6 Å². The number of hydrogen-bond donors (Lipinski definition) is 1. The van der Waals surface area contributed by atoms with Crippen LogP contribution in [0.25, 0.3) is 0 Å². The second-order valence-electron chi connectivity index (χ2n) is 5.57. The van der Waals surface area contributed by atoms with Crippen LogP contribution in [0.4, 0.5) is 0 Å². The van der Waals surface area contributed by atoms with Gasteiger partial charge in [0, 0.05) is 25.5 Å². The van der Waals surface area contributed by atoms with Gasteiger partial charge in [0.1, 0.15) is 5.75 Å².